The van der Waals surface area contributed by atoms with Crippen molar-refractivity contribution in [1.82, 2.24) is 14.8 Å². The van der Waals surface area contributed by atoms with Crippen molar-refractivity contribution in [3.05, 3.63) is 47.7 Å². The maximum absolute atomic E-state index is 11.7. The summed E-state index contributed by atoms with van der Waals surface area (Å²) in [6.45, 7) is 0. The summed E-state index contributed by atoms with van der Waals surface area (Å²) in [6, 6.07) is 11.3. The molecule has 1 fully saturated rings. The summed E-state index contributed by atoms with van der Waals surface area (Å²) >= 11 is 0. The van der Waals surface area contributed by atoms with Crippen LogP contribution in [-0.2, 0) is 7.05 Å². The van der Waals surface area contributed by atoms with Gasteiger partial charge in [-0.25, -0.2) is 9.78 Å². The van der Waals surface area contributed by atoms with Crippen LogP contribution in [0.25, 0.3) is 22.3 Å². The Hall–Kier alpha value is -2.69. The number of nitrogens with zero attached hydrogens (tertiary/aromatic N) is 3. The van der Waals surface area contributed by atoms with Gasteiger partial charge in [-0.1, -0.05) is 30.3 Å². The summed E-state index contributed by atoms with van der Waals surface area (Å²) < 4.78 is 1.70. The van der Waals surface area contributed by atoms with Gasteiger partial charge in [0.05, 0.1) is 22.3 Å². The van der Waals surface area contributed by atoms with E-state index in [1.165, 1.54) is 0 Å². The van der Waals surface area contributed by atoms with E-state index in [2.05, 4.69) is 10.1 Å². The van der Waals surface area contributed by atoms with Crippen molar-refractivity contribution in [2.24, 2.45) is 7.05 Å². The molecule has 5 heteroatoms. The number of rotatable bonds is 3. The van der Waals surface area contributed by atoms with Crippen LogP contribution >= 0.6 is 0 Å². The molecule has 0 bridgehead atoms. The number of benzene rings is 1. The van der Waals surface area contributed by atoms with Gasteiger partial charge in [-0.15, -0.1) is 0 Å². The van der Waals surface area contributed by atoms with Crippen LogP contribution in [0.15, 0.2) is 36.4 Å². The van der Waals surface area contributed by atoms with Crippen LogP contribution in [0.1, 0.15) is 34.8 Å². The van der Waals surface area contributed by atoms with E-state index in [4.69, 9.17) is 0 Å². The fraction of sp³-hybridized carbons (Fsp3) is 0.235. The fourth-order valence-corrected chi connectivity index (χ4v) is 2.85. The number of fused-ring (bicyclic) bond motifs is 1. The minimum Gasteiger partial charge on any atom is -0.478 e. The van der Waals surface area contributed by atoms with E-state index in [1.807, 2.05) is 37.4 Å². The molecule has 2 heterocycles. The number of aryl methyl sites for hydroxylation is 1. The average molecular weight is 293 g/mol. The lowest BCUT2D eigenvalue weighted by Crippen LogP contribution is -2.01. The van der Waals surface area contributed by atoms with E-state index in [1.54, 1.807) is 10.7 Å². The molecule has 3 aromatic rings. The molecule has 0 atom stereocenters. The molecule has 5 nitrogen and oxygen atoms in total. The third-order valence-corrected chi connectivity index (χ3v) is 4.08. The number of hydrogen-bond acceptors (Lipinski definition) is 3. The molecule has 0 unspecified atom stereocenters. The summed E-state index contributed by atoms with van der Waals surface area (Å²) in [5.41, 5.74) is 3.37. The van der Waals surface area contributed by atoms with Gasteiger partial charge in [-0.05, 0) is 18.9 Å². The van der Waals surface area contributed by atoms with E-state index in [0.717, 1.165) is 24.1 Å². The van der Waals surface area contributed by atoms with E-state index in [-0.39, 0.29) is 0 Å². The quantitative estimate of drug-likeness (QED) is 0.805. The Morgan fingerprint density at radius 1 is 1.27 bits per heavy atom. The topological polar surface area (TPSA) is 68.0 Å². The summed E-state index contributed by atoms with van der Waals surface area (Å²) in [5, 5.41) is 14.8. The molecule has 110 valence electrons. The predicted molar refractivity (Wildman–Crippen MR) is 82.9 cm³/mol. The summed E-state index contributed by atoms with van der Waals surface area (Å²) in [5.74, 6) is -0.550. The van der Waals surface area contributed by atoms with E-state index in [9.17, 15) is 9.90 Å². The number of aromatic nitrogens is 3. The Morgan fingerprint density at radius 3 is 2.64 bits per heavy atom. The lowest BCUT2D eigenvalue weighted by atomic mass is 10.0. The molecule has 4 rings (SSSR count). The third-order valence-electron chi connectivity index (χ3n) is 4.08. The minimum atomic E-state index is -0.931. The standard InChI is InChI=1S/C17H15N3O2/c1-20-16-14(15(19-20)11-7-8-11)12(17(21)22)9-13(18-16)10-5-3-2-4-6-10/h2-6,9,11H,7-8H2,1H3,(H,21,22). The Balaban J connectivity index is 2.03. The zero-order valence-corrected chi connectivity index (χ0v) is 12.2. The monoisotopic (exact) mass is 293 g/mol. The maximum atomic E-state index is 11.7. The van der Waals surface area contributed by atoms with Crippen LogP contribution in [0.3, 0.4) is 0 Å². The molecule has 2 aromatic heterocycles. The summed E-state index contributed by atoms with van der Waals surface area (Å²) in [6.07, 6.45) is 2.15. The van der Waals surface area contributed by atoms with Gasteiger partial charge in [0, 0.05) is 18.5 Å². The molecule has 1 N–H and O–H groups in total. The highest BCUT2D eigenvalue weighted by molar-refractivity contribution is 6.04. The lowest BCUT2D eigenvalue weighted by Gasteiger charge is -2.05. The van der Waals surface area contributed by atoms with Crippen LogP contribution in [-0.4, -0.2) is 25.8 Å². The van der Waals surface area contributed by atoms with Crippen molar-refractivity contribution in [2.75, 3.05) is 0 Å². The molecule has 22 heavy (non-hydrogen) atoms. The first-order chi connectivity index (χ1) is 10.6. The van der Waals surface area contributed by atoms with Gasteiger partial charge in [0.25, 0.3) is 0 Å². The van der Waals surface area contributed by atoms with Gasteiger partial charge < -0.3 is 5.11 Å². The van der Waals surface area contributed by atoms with Gasteiger partial charge in [-0.3, -0.25) is 4.68 Å². The first-order valence-electron chi connectivity index (χ1n) is 7.31. The fourth-order valence-electron chi connectivity index (χ4n) is 2.85. The molecule has 1 saturated carbocycles. The highest BCUT2D eigenvalue weighted by Crippen LogP contribution is 2.43. The molecule has 0 aliphatic heterocycles. The molecule has 1 aromatic carbocycles. The van der Waals surface area contributed by atoms with Gasteiger partial charge in [0.15, 0.2) is 5.65 Å². The Kier molecular flexibility index (Phi) is 2.76. The van der Waals surface area contributed by atoms with Crippen LogP contribution in [0.4, 0.5) is 0 Å². The summed E-state index contributed by atoms with van der Waals surface area (Å²) in [7, 11) is 1.82. The Morgan fingerprint density at radius 2 is 2.00 bits per heavy atom. The van der Waals surface area contributed by atoms with Crippen LogP contribution in [0.5, 0.6) is 0 Å². The third kappa shape index (κ3) is 1.97. The highest BCUT2D eigenvalue weighted by Gasteiger charge is 2.31. The second-order valence-electron chi connectivity index (χ2n) is 5.71. The summed E-state index contributed by atoms with van der Waals surface area (Å²) in [4.78, 5) is 16.4. The second kappa shape index (κ2) is 4.66. The number of carboxylic acid groups (broad SMARTS) is 1. The predicted octanol–water partition coefficient (Wildman–Crippen LogP) is 3.21. The molecule has 0 amide bonds. The molecule has 0 radical (unpaired) electrons. The van der Waals surface area contributed by atoms with Gasteiger partial charge in [0.1, 0.15) is 0 Å². The van der Waals surface area contributed by atoms with E-state index in [0.29, 0.717) is 28.2 Å². The highest BCUT2D eigenvalue weighted by atomic mass is 16.4. The Labute approximate surface area is 127 Å². The normalized spacial score (nSPS) is 14.4. The zero-order chi connectivity index (χ0) is 15.3. The number of aromatic carboxylic acids is 1. The van der Waals surface area contributed by atoms with Crippen LogP contribution in [0.2, 0.25) is 0 Å². The molecular formula is C17H15N3O2. The van der Waals surface area contributed by atoms with Crippen molar-refractivity contribution >= 4 is 17.0 Å². The SMILES string of the molecule is Cn1nc(C2CC2)c2c(C(=O)O)cc(-c3ccccc3)nc21. The minimum absolute atomic E-state index is 0.291. The Bertz CT molecular complexity index is 880. The first kappa shape index (κ1) is 13.0. The second-order valence-corrected chi connectivity index (χ2v) is 5.71. The number of carbonyl (C=O) groups is 1. The maximum Gasteiger partial charge on any atom is 0.336 e. The van der Waals surface area contributed by atoms with Crippen LogP contribution < -0.4 is 0 Å². The largest absolute Gasteiger partial charge is 0.478 e. The van der Waals surface area contributed by atoms with E-state index < -0.39 is 5.97 Å². The van der Waals surface area contributed by atoms with Crippen molar-refractivity contribution in [3.63, 3.8) is 0 Å². The average Bonchev–Trinajstić information content (AvgIpc) is 3.32. The zero-order valence-electron chi connectivity index (χ0n) is 12.2. The molecule has 0 saturated heterocycles. The molecule has 0 spiro atoms. The van der Waals surface area contributed by atoms with Gasteiger partial charge in [-0.2, -0.15) is 5.10 Å². The van der Waals surface area contributed by atoms with Crippen molar-refractivity contribution < 1.29 is 9.90 Å². The first-order valence-corrected chi connectivity index (χ1v) is 7.31. The smallest absolute Gasteiger partial charge is 0.336 e. The number of pyridine rings is 1. The van der Waals surface area contributed by atoms with Crippen LogP contribution in [0, 0.1) is 0 Å². The number of carboxylic acids is 1. The lowest BCUT2D eigenvalue weighted by molar-refractivity contribution is 0.0699. The van der Waals surface area contributed by atoms with E-state index >= 15 is 0 Å². The van der Waals surface area contributed by atoms with Crippen molar-refractivity contribution in [3.8, 4) is 11.3 Å². The van der Waals surface area contributed by atoms with Crippen molar-refractivity contribution in [2.45, 2.75) is 18.8 Å². The molecule has 1 aliphatic rings. The van der Waals surface area contributed by atoms with Crippen molar-refractivity contribution in [1.29, 1.82) is 0 Å². The van der Waals surface area contributed by atoms with Gasteiger partial charge >= 0.3 is 5.97 Å². The van der Waals surface area contributed by atoms with Gasteiger partial charge in [0.2, 0.25) is 0 Å². The molecular weight excluding hydrogens is 278 g/mol. The number of hydrogen-bond donors (Lipinski definition) is 1. The molecule has 1 aliphatic carbocycles.